The number of rotatable bonds is 4. The summed E-state index contributed by atoms with van der Waals surface area (Å²) in [6.07, 6.45) is 4.74. The van der Waals surface area contributed by atoms with E-state index in [4.69, 9.17) is 0 Å². The van der Waals surface area contributed by atoms with Crippen LogP contribution in [0.2, 0.25) is 0 Å². The second kappa shape index (κ2) is 6.43. The van der Waals surface area contributed by atoms with Gasteiger partial charge in [0.2, 0.25) is 0 Å². The number of aromatic nitrogens is 3. The molecule has 4 rings (SSSR count). The summed E-state index contributed by atoms with van der Waals surface area (Å²) in [7, 11) is 0. The van der Waals surface area contributed by atoms with E-state index in [0.717, 1.165) is 18.5 Å². The van der Waals surface area contributed by atoms with Crippen LogP contribution in [-0.4, -0.2) is 9.97 Å². The molecule has 1 N–H and O–H groups in total. The first kappa shape index (κ1) is 15.4. The second-order valence-corrected chi connectivity index (χ2v) is 5.90. The SMILES string of the molecule is Fc1cccc(F)c1-c1nc2cc[n+](CCc3ccccc3)cc2[nH]1. The van der Waals surface area contributed by atoms with E-state index in [9.17, 15) is 8.78 Å². The van der Waals surface area contributed by atoms with Gasteiger partial charge in [-0.25, -0.2) is 18.3 Å². The molecule has 0 bridgehead atoms. The highest BCUT2D eigenvalue weighted by Crippen LogP contribution is 2.25. The van der Waals surface area contributed by atoms with Crippen LogP contribution < -0.4 is 4.57 Å². The van der Waals surface area contributed by atoms with Crippen LogP contribution in [0.4, 0.5) is 8.78 Å². The Morgan fingerprint density at radius 2 is 1.68 bits per heavy atom. The van der Waals surface area contributed by atoms with Crippen molar-refractivity contribution < 1.29 is 13.3 Å². The summed E-state index contributed by atoms with van der Waals surface area (Å²) in [6, 6.07) is 15.9. The maximum atomic E-state index is 13.9. The lowest BCUT2D eigenvalue weighted by atomic mass is 10.1. The maximum absolute atomic E-state index is 13.9. The summed E-state index contributed by atoms with van der Waals surface area (Å²) in [4.78, 5) is 7.34. The van der Waals surface area contributed by atoms with Gasteiger partial charge in [0.25, 0.3) is 0 Å². The van der Waals surface area contributed by atoms with Gasteiger partial charge in [-0.3, -0.25) is 0 Å². The Labute approximate surface area is 143 Å². The fourth-order valence-corrected chi connectivity index (χ4v) is 2.89. The normalized spacial score (nSPS) is 11.1. The predicted octanol–water partition coefficient (Wildman–Crippen LogP) is 4.04. The van der Waals surface area contributed by atoms with E-state index in [1.54, 1.807) is 0 Å². The molecule has 0 atom stereocenters. The first-order chi connectivity index (χ1) is 12.2. The highest BCUT2D eigenvalue weighted by molar-refractivity contribution is 5.77. The topological polar surface area (TPSA) is 32.6 Å². The first-order valence-electron chi connectivity index (χ1n) is 8.08. The van der Waals surface area contributed by atoms with Gasteiger partial charge in [-0.05, 0) is 17.7 Å². The minimum Gasteiger partial charge on any atom is -0.333 e. The minimum absolute atomic E-state index is 0.130. The van der Waals surface area contributed by atoms with Crippen LogP contribution in [0, 0.1) is 11.6 Å². The van der Waals surface area contributed by atoms with E-state index in [1.807, 2.05) is 41.2 Å². The number of halogens is 2. The average molecular weight is 336 g/mol. The highest BCUT2D eigenvalue weighted by Gasteiger charge is 2.16. The molecule has 0 aliphatic carbocycles. The van der Waals surface area contributed by atoms with Gasteiger partial charge in [-0.2, -0.15) is 0 Å². The van der Waals surface area contributed by atoms with E-state index in [0.29, 0.717) is 5.52 Å². The van der Waals surface area contributed by atoms with Gasteiger partial charge in [-0.15, -0.1) is 0 Å². The number of H-pyrrole nitrogens is 1. The number of aryl methyl sites for hydroxylation is 2. The Bertz CT molecular complexity index is 1010. The summed E-state index contributed by atoms with van der Waals surface area (Å²) in [5.41, 5.74) is 2.55. The lowest BCUT2D eigenvalue weighted by Gasteiger charge is -2.00. The maximum Gasteiger partial charge on any atom is 0.194 e. The van der Waals surface area contributed by atoms with Crippen molar-refractivity contribution >= 4 is 11.0 Å². The van der Waals surface area contributed by atoms with Crippen LogP contribution in [0.3, 0.4) is 0 Å². The molecule has 0 aliphatic rings. The molecular formula is C20H16F2N3+. The summed E-state index contributed by atoms with van der Waals surface area (Å²) in [5.74, 6) is -1.06. The number of pyridine rings is 1. The van der Waals surface area contributed by atoms with Gasteiger partial charge in [0.1, 0.15) is 28.5 Å². The molecule has 3 nitrogen and oxygen atoms in total. The number of nitrogens with one attached hydrogen (secondary N) is 1. The molecule has 0 unspecified atom stereocenters. The number of benzene rings is 2. The first-order valence-corrected chi connectivity index (χ1v) is 8.08. The lowest BCUT2D eigenvalue weighted by Crippen LogP contribution is -2.33. The summed E-state index contributed by atoms with van der Waals surface area (Å²) >= 11 is 0. The molecule has 5 heteroatoms. The highest BCUT2D eigenvalue weighted by atomic mass is 19.1. The van der Waals surface area contributed by atoms with Crippen LogP contribution in [0.1, 0.15) is 5.56 Å². The Morgan fingerprint density at radius 3 is 2.44 bits per heavy atom. The second-order valence-electron chi connectivity index (χ2n) is 5.90. The number of aromatic amines is 1. The molecule has 25 heavy (non-hydrogen) atoms. The van der Waals surface area contributed by atoms with E-state index in [2.05, 4.69) is 22.1 Å². The molecule has 0 saturated heterocycles. The molecule has 124 valence electrons. The van der Waals surface area contributed by atoms with E-state index in [1.165, 1.54) is 23.8 Å². The third kappa shape index (κ3) is 3.13. The van der Waals surface area contributed by atoms with E-state index < -0.39 is 11.6 Å². The van der Waals surface area contributed by atoms with Gasteiger partial charge in [-0.1, -0.05) is 36.4 Å². The van der Waals surface area contributed by atoms with Gasteiger partial charge in [0, 0.05) is 12.5 Å². The Kier molecular flexibility index (Phi) is 3.98. The van der Waals surface area contributed by atoms with Crippen molar-refractivity contribution in [3.05, 3.63) is 84.2 Å². The molecule has 0 aliphatic heterocycles. The standard InChI is InChI=1S/C20H15F2N3/c21-15-7-4-8-16(22)19(15)20-23-17-10-12-25(13-18(17)24-20)11-9-14-5-2-1-3-6-14/h1-8,10,12-13H,9,11H2/p+1. The van der Waals surface area contributed by atoms with Crippen LogP contribution >= 0.6 is 0 Å². The smallest absolute Gasteiger partial charge is 0.194 e. The van der Waals surface area contributed by atoms with Gasteiger partial charge >= 0.3 is 0 Å². The van der Waals surface area contributed by atoms with Crippen molar-refractivity contribution in [1.82, 2.24) is 9.97 Å². The third-order valence-corrected chi connectivity index (χ3v) is 4.18. The van der Waals surface area contributed by atoms with E-state index in [-0.39, 0.29) is 11.4 Å². The quantitative estimate of drug-likeness (QED) is 0.561. The predicted molar refractivity (Wildman–Crippen MR) is 91.8 cm³/mol. The Morgan fingerprint density at radius 1 is 0.920 bits per heavy atom. The van der Waals surface area contributed by atoms with Crippen LogP contribution in [0.25, 0.3) is 22.4 Å². The van der Waals surface area contributed by atoms with Crippen molar-refractivity contribution in [1.29, 1.82) is 0 Å². The molecule has 4 aromatic rings. The summed E-state index contributed by atoms with van der Waals surface area (Å²) < 4.78 is 29.9. The monoisotopic (exact) mass is 336 g/mol. The third-order valence-electron chi connectivity index (χ3n) is 4.18. The van der Waals surface area contributed by atoms with Crippen molar-refractivity contribution in [2.24, 2.45) is 0 Å². The number of nitrogens with zero attached hydrogens (tertiary/aromatic N) is 2. The zero-order valence-electron chi connectivity index (χ0n) is 13.4. The Balaban J connectivity index is 1.63. The molecule has 0 fully saturated rings. The molecular weight excluding hydrogens is 320 g/mol. The summed E-state index contributed by atoms with van der Waals surface area (Å²) in [6.45, 7) is 0.808. The van der Waals surface area contributed by atoms with Gasteiger partial charge in [0.05, 0.1) is 5.56 Å². The lowest BCUT2D eigenvalue weighted by molar-refractivity contribution is -0.695. The summed E-state index contributed by atoms with van der Waals surface area (Å²) in [5, 5.41) is 0. The molecule has 2 aromatic heterocycles. The molecule has 0 amide bonds. The van der Waals surface area contributed by atoms with Gasteiger partial charge < -0.3 is 4.98 Å². The van der Waals surface area contributed by atoms with Crippen molar-refractivity contribution in [2.75, 3.05) is 0 Å². The number of fused-ring (bicyclic) bond motifs is 1. The average Bonchev–Trinajstić information content (AvgIpc) is 3.03. The Hall–Kier alpha value is -3.08. The number of hydrogen-bond donors (Lipinski definition) is 1. The zero-order chi connectivity index (χ0) is 17.2. The van der Waals surface area contributed by atoms with Crippen molar-refractivity contribution in [3.8, 4) is 11.4 Å². The molecule has 0 saturated carbocycles. The fourth-order valence-electron chi connectivity index (χ4n) is 2.89. The zero-order valence-corrected chi connectivity index (χ0v) is 13.4. The van der Waals surface area contributed by atoms with Crippen molar-refractivity contribution in [2.45, 2.75) is 13.0 Å². The fraction of sp³-hybridized carbons (Fsp3) is 0.100. The molecule has 2 heterocycles. The minimum atomic E-state index is -0.629. The van der Waals surface area contributed by atoms with Crippen LogP contribution in [0.15, 0.2) is 67.0 Å². The van der Waals surface area contributed by atoms with Crippen LogP contribution in [-0.2, 0) is 13.0 Å². The van der Waals surface area contributed by atoms with Crippen LogP contribution in [0.5, 0.6) is 0 Å². The van der Waals surface area contributed by atoms with Crippen molar-refractivity contribution in [3.63, 3.8) is 0 Å². The molecule has 0 radical (unpaired) electrons. The van der Waals surface area contributed by atoms with Gasteiger partial charge in [0.15, 0.2) is 18.9 Å². The largest absolute Gasteiger partial charge is 0.333 e. The number of imidazole rings is 1. The number of hydrogen-bond acceptors (Lipinski definition) is 1. The molecule has 2 aromatic carbocycles. The molecule has 0 spiro atoms. The van der Waals surface area contributed by atoms with E-state index >= 15 is 0 Å².